The fourth-order valence-electron chi connectivity index (χ4n) is 2.83. The van der Waals surface area contributed by atoms with Gasteiger partial charge in [0.05, 0.1) is 0 Å². The van der Waals surface area contributed by atoms with E-state index in [1.807, 2.05) is 24.3 Å². The maximum Gasteiger partial charge on any atom is 0.0412 e. The number of hydrogen-bond donors (Lipinski definition) is 0. The molecule has 0 saturated carbocycles. The highest BCUT2D eigenvalue weighted by atomic mass is 35.5. The summed E-state index contributed by atoms with van der Waals surface area (Å²) in [6.45, 7) is 0. The van der Waals surface area contributed by atoms with Crippen molar-refractivity contribution >= 4 is 55.5 Å². The average Bonchev–Trinajstić information content (AvgIpc) is 2.45. The smallest absolute Gasteiger partial charge is 0.0412 e. The Hall–Kier alpha value is -1.76. The standard InChI is InChI=1S/C18H10Cl2/c19-13-3-7-15-11(9-13)1-5-17-16-8-4-14(20)10-12(16)2-6-18(15)17/h1-10H. The van der Waals surface area contributed by atoms with E-state index in [0.717, 1.165) is 10.0 Å². The lowest BCUT2D eigenvalue weighted by molar-refractivity contribution is 1.77. The molecular formula is C18H10Cl2. The van der Waals surface area contributed by atoms with Crippen molar-refractivity contribution in [2.45, 2.75) is 0 Å². The number of fused-ring (bicyclic) bond motifs is 5. The number of hydrogen-bond acceptors (Lipinski definition) is 0. The van der Waals surface area contributed by atoms with Gasteiger partial charge in [-0.25, -0.2) is 0 Å². The maximum absolute atomic E-state index is 6.07. The predicted octanol–water partition coefficient (Wildman–Crippen LogP) is 6.45. The van der Waals surface area contributed by atoms with Gasteiger partial charge in [-0.2, -0.15) is 0 Å². The van der Waals surface area contributed by atoms with E-state index in [1.165, 1.54) is 32.3 Å². The van der Waals surface area contributed by atoms with E-state index in [4.69, 9.17) is 23.2 Å². The molecule has 0 aromatic heterocycles. The number of benzene rings is 4. The van der Waals surface area contributed by atoms with Gasteiger partial charge in [-0.15, -0.1) is 0 Å². The van der Waals surface area contributed by atoms with E-state index >= 15 is 0 Å². The first kappa shape index (κ1) is 12.0. The van der Waals surface area contributed by atoms with Gasteiger partial charge >= 0.3 is 0 Å². The van der Waals surface area contributed by atoms with Gasteiger partial charge in [0, 0.05) is 10.0 Å². The molecular weight excluding hydrogens is 287 g/mol. The Kier molecular flexibility index (Phi) is 2.63. The molecule has 4 aromatic rings. The Balaban J connectivity index is 2.21. The molecule has 0 aliphatic carbocycles. The molecule has 4 aromatic carbocycles. The molecule has 0 unspecified atom stereocenters. The molecule has 0 bridgehead atoms. The van der Waals surface area contributed by atoms with Crippen molar-refractivity contribution in [3.8, 4) is 0 Å². The van der Waals surface area contributed by atoms with Crippen molar-refractivity contribution in [3.05, 3.63) is 70.7 Å². The predicted molar refractivity (Wildman–Crippen MR) is 89.0 cm³/mol. The van der Waals surface area contributed by atoms with E-state index in [1.54, 1.807) is 0 Å². The Morgan fingerprint density at radius 3 is 1.30 bits per heavy atom. The maximum atomic E-state index is 6.07. The summed E-state index contributed by atoms with van der Waals surface area (Å²) in [4.78, 5) is 0. The highest BCUT2D eigenvalue weighted by molar-refractivity contribution is 6.32. The topological polar surface area (TPSA) is 0 Å². The molecule has 4 rings (SSSR count). The molecule has 0 aliphatic rings. The lowest BCUT2D eigenvalue weighted by Gasteiger charge is -2.08. The van der Waals surface area contributed by atoms with Crippen LogP contribution in [-0.4, -0.2) is 0 Å². The zero-order valence-corrected chi connectivity index (χ0v) is 12.0. The van der Waals surface area contributed by atoms with Crippen molar-refractivity contribution in [2.75, 3.05) is 0 Å². The first-order chi connectivity index (χ1) is 9.72. The van der Waals surface area contributed by atoms with Crippen LogP contribution in [0.5, 0.6) is 0 Å². The van der Waals surface area contributed by atoms with E-state index in [2.05, 4.69) is 36.4 Å². The molecule has 0 N–H and O–H groups in total. The third kappa shape index (κ3) is 1.76. The fraction of sp³-hybridized carbons (Fsp3) is 0. The van der Waals surface area contributed by atoms with Crippen LogP contribution in [0.25, 0.3) is 32.3 Å². The first-order valence-electron chi connectivity index (χ1n) is 6.43. The fourth-order valence-corrected chi connectivity index (χ4v) is 3.19. The van der Waals surface area contributed by atoms with Crippen LogP contribution in [0.15, 0.2) is 60.7 Å². The van der Waals surface area contributed by atoms with E-state index < -0.39 is 0 Å². The van der Waals surface area contributed by atoms with Crippen molar-refractivity contribution in [1.29, 1.82) is 0 Å². The van der Waals surface area contributed by atoms with Crippen molar-refractivity contribution in [3.63, 3.8) is 0 Å². The summed E-state index contributed by atoms with van der Waals surface area (Å²) in [6.07, 6.45) is 0. The summed E-state index contributed by atoms with van der Waals surface area (Å²) in [5.74, 6) is 0. The van der Waals surface area contributed by atoms with E-state index in [-0.39, 0.29) is 0 Å². The normalized spacial score (nSPS) is 11.5. The van der Waals surface area contributed by atoms with Gasteiger partial charge in [-0.3, -0.25) is 0 Å². The van der Waals surface area contributed by atoms with Crippen LogP contribution >= 0.6 is 23.2 Å². The van der Waals surface area contributed by atoms with Crippen molar-refractivity contribution in [1.82, 2.24) is 0 Å². The molecule has 0 aliphatic heterocycles. The van der Waals surface area contributed by atoms with Crippen molar-refractivity contribution < 1.29 is 0 Å². The van der Waals surface area contributed by atoms with E-state index in [0.29, 0.717) is 0 Å². The van der Waals surface area contributed by atoms with Gasteiger partial charge in [0.15, 0.2) is 0 Å². The summed E-state index contributed by atoms with van der Waals surface area (Å²) in [7, 11) is 0. The molecule has 0 fully saturated rings. The third-order valence-electron chi connectivity index (χ3n) is 3.76. The van der Waals surface area contributed by atoms with Crippen LogP contribution in [0.1, 0.15) is 0 Å². The zero-order valence-electron chi connectivity index (χ0n) is 10.5. The minimum Gasteiger partial charge on any atom is -0.0843 e. The van der Waals surface area contributed by atoms with Gasteiger partial charge in [0.2, 0.25) is 0 Å². The summed E-state index contributed by atoms with van der Waals surface area (Å²) in [5, 5.41) is 8.81. The molecule has 0 atom stereocenters. The molecule has 0 spiro atoms. The van der Waals surface area contributed by atoms with Gasteiger partial charge in [0.1, 0.15) is 0 Å². The highest BCUT2D eigenvalue weighted by Gasteiger charge is 2.05. The Bertz CT molecular complexity index is 890. The molecule has 0 amide bonds. The average molecular weight is 297 g/mol. The first-order valence-corrected chi connectivity index (χ1v) is 7.18. The molecule has 96 valence electrons. The van der Waals surface area contributed by atoms with Crippen LogP contribution in [0.2, 0.25) is 10.0 Å². The van der Waals surface area contributed by atoms with Gasteiger partial charge in [0.25, 0.3) is 0 Å². The number of rotatable bonds is 0. The second-order valence-corrected chi connectivity index (χ2v) is 5.83. The minimum absolute atomic E-state index is 0.768. The third-order valence-corrected chi connectivity index (χ3v) is 4.23. The quantitative estimate of drug-likeness (QED) is 0.327. The van der Waals surface area contributed by atoms with Crippen molar-refractivity contribution in [2.24, 2.45) is 0 Å². The SMILES string of the molecule is Clc1ccc2c(ccc3c4ccc(Cl)cc4ccc23)c1. The molecule has 0 heterocycles. The highest BCUT2D eigenvalue weighted by Crippen LogP contribution is 2.33. The number of halogens is 2. The molecule has 20 heavy (non-hydrogen) atoms. The molecule has 2 heteroatoms. The van der Waals surface area contributed by atoms with Crippen LogP contribution in [0, 0.1) is 0 Å². The summed E-state index contributed by atoms with van der Waals surface area (Å²) >= 11 is 12.1. The molecule has 0 saturated heterocycles. The second-order valence-electron chi connectivity index (χ2n) is 4.96. The summed E-state index contributed by atoms with van der Waals surface area (Å²) in [5.41, 5.74) is 0. The van der Waals surface area contributed by atoms with Gasteiger partial charge < -0.3 is 0 Å². The molecule has 0 nitrogen and oxygen atoms in total. The Morgan fingerprint density at radius 2 is 0.850 bits per heavy atom. The lowest BCUT2D eigenvalue weighted by atomic mass is 9.97. The van der Waals surface area contributed by atoms with Crippen LogP contribution in [-0.2, 0) is 0 Å². The lowest BCUT2D eigenvalue weighted by Crippen LogP contribution is -1.81. The van der Waals surface area contributed by atoms with Crippen LogP contribution < -0.4 is 0 Å². The van der Waals surface area contributed by atoms with Crippen LogP contribution in [0.4, 0.5) is 0 Å². The zero-order chi connectivity index (χ0) is 13.7. The van der Waals surface area contributed by atoms with Gasteiger partial charge in [-0.05, 0) is 56.6 Å². The largest absolute Gasteiger partial charge is 0.0843 e. The Labute approximate surface area is 126 Å². The van der Waals surface area contributed by atoms with E-state index in [9.17, 15) is 0 Å². The monoisotopic (exact) mass is 296 g/mol. The summed E-state index contributed by atoms with van der Waals surface area (Å²) < 4.78 is 0. The second kappa shape index (κ2) is 4.37. The van der Waals surface area contributed by atoms with Crippen LogP contribution in [0.3, 0.4) is 0 Å². The summed E-state index contributed by atoms with van der Waals surface area (Å²) in [6, 6.07) is 20.6. The Morgan fingerprint density at radius 1 is 0.450 bits per heavy atom. The molecule has 0 radical (unpaired) electrons. The minimum atomic E-state index is 0.768. The van der Waals surface area contributed by atoms with Gasteiger partial charge in [-0.1, -0.05) is 59.6 Å².